The minimum Gasteiger partial charge on any atom is -0.317 e. The van der Waals surface area contributed by atoms with Crippen LogP contribution in [-0.2, 0) is 0 Å². The first-order chi connectivity index (χ1) is 7.70. The Kier molecular flexibility index (Phi) is 3.50. The average Bonchev–Trinajstić information content (AvgIpc) is 2.66. The van der Waals surface area contributed by atoms with Gasteiger partial charge in [-0.2, -0.15) is 0 Å². The van der Waals surface area contributed by atoms with Gasteiger partial charge in [0, 0.05) is 12.2 Å². The summed E-state index contributed by atoms with van der Waals surface area (Å²) in [6, 6.07) is 6.44. The second-order valence-electron chi connectivity index (χ2n) is 3.06. The fourth-order valence-electron chi connectivity index (χ4n) is 1.38. The van der Waals surface area contributed by atoms with Crippen molar-refractivity contribution in [3.8, 4) is 0 Å². The molecule has 1 aromatic carbocycles. The standard InChI is InChI=1S/C10H9BrFN3S/c1-2-15(10-14-13-9(11)16-10)8-5-3-4-7(12)6-8/h3-6H,2H2,1H3. The molecule has 0 fully saturated rings. The highest BCUT2D eigenvalue weighted by Gasteiger charge is 2.12. The van der Waals surface area contributed by atoms with E-state index in [0.29, 0.717) is 6.54 Å². The van der Waals surface area contributed by atoms with E-state index in [9.17, 15) is 4.39 Å². The van der Waals surface area contributed by atoms with Crippen molar-refractivity contribution < 1.29 is 4.39 Å². The fourth-order valence-corrected chi connectivity index (χ4v) is 2.55. The van der Waals surface area contributed by atoms with Gasteiger partial charge in [-0.15, -0.1) is 10.2 Å². The van der Waals surface area contributed by atoms with Gasteiger partial charge in [-0.05, 0) is 41.1 Å². The van der Waals surface area contributed by atoms with E-state index >= 15 is 0 Å². The molecule has 0 atom stereocenters. The molecule has 1 heterocycles. The third-order valence-corrected chi connectivity index (χ3v) is 3.44. The molecule has 0 N–H and O–H groups in total. The van der Waals surface area contributed by atoms with Gasteiger partial charge in [0.15, 0.2) is 3.92 Å². The molecular formula is C10H9BrFN3S. The van der Waals surface area contributed by atoms with Crippen LogP contribution in [0.4, 0.5) is 15.2 Å². The van der Waals surface area contributed by atoms with Gasteiger partial charge in [-0.3, -0.25) is 0 Å². The van der Waals surface area contributed by atoms with E-state index < -0.39 is 0 Å². The zero-order chi connectivity index (χ0) is 11.5. The molecule has 0 amide bonds. The first kappa shape index (κ1) is 11.5. The van der Waals surface area contributed by atoms with Crippen molar-refractivity contribution in [2.45, 2.75) is 6.92 Å². The van der Waals surface area contributed by atoms with Crippen molar-refractivity contribution in [3.05, 3.63) is 34.0 Å². The predicted molar refractivity (Wildman–Crippen MR) is 66.7 cm³/mol. The SMILES string of the molecule is CCN(c1cccc(F)c1)c1nnc(Br)s1. The molecule has 1 aromatic heterocycles. The molecule has 0 aliphatic rings. The van der Waals surface area contributed by atoms with E-state index in [1.165, 1.54) is 23.5 Å². The number of halogens is 2. The van der Waals surface area contributed by atoms with Crippen LogP contribution in [0.15, 0.2) is 28.2 Å². The van der Waals surface area contributed by atoms with Crippen molar-refractivity contribution in [1.82, 2.24) is 10.2 Å². The zero-order valence-electron chi connectivity index (χ0n) is 8.52. The van der Waals surface area contributed by atoms with Gasteiger partial charge in [0.1, 0.15) is 5.82 Å². The fraction of sp³-hybridized carbons (Fsp3) is 0.200. The van der Waals surface area contributed by atoms with Crippen LogP contribution in [0.3, 0.4) is 0 Å². The third kappa shape index (κ3) is 2.38. The number of benzene rings is 1. The summed E-state index contributed by atoms with van der Waals surface area (Å²) < 4.78 is 13.8. The predicted octanol–water partition coefficient (Wildman–Crippen LogP) is 3.60. The van der Waals surface area contributed by atoms with Gasteiger partial charge in [-0.1, -0.05) is 17.4 Å². The zero-order valence-corrected chi connectivity index (χ0v) is 10.9. The van der Waals surface area contributed by atoms with E-state index in [4.69, 9.17) is 0 Å². The lowest BCUT2D eigenvalue weighted by molar-refractivity contribution is 0.627. The van der Waals surface area contributed by atoms with Crippen molar-refractivity contribution >= 4 is 38.1 Å². The Morgan fingerprint density at radius 1 is 1.44 bits per heavy atom. The van der Waals surface area contributed by atoms with Crippen LogP contribution in [-0.4, -0.2) is 16.7 Å². The van der Waals surface area contributed by atoms with Gasteiger partial charge in [0.05, 0.1) is 0 Å². The lowest BCUT2D eigenvalue weighted by atomic mass is 10.3. The van der Waals surface area contributed by atoms with Crippen molar-refractivity contribution in [2.75, 3.05) is 11.4 Å². The molecule has 0 aliphatic carbocycles. The average molecular weight is 302 g/mol. The molecule has 0 spiro atoms. The van der Waals surface area contributed by atoms with Crippen molar-refractivity contribution in [1.29, 1.82) is 0 Å². The minimum atomic E-state index is -0.250. The molecule has 0 saturated carbocycles. The number of aromatic nitrogens is 2. The molecule has 3 nitrogen and oxygen atoms in total. The summed E-state index contributed by atoms with van der Waals surface area (Å²) in [7, 11) is 0. The van der Waals surface area contributed by atoms with Crippen molar-refractivity contribution in [3.63, 3.8) is 0 Å². The molecule has 0 unspecified atom stereocenters. The molecule has 0 radical (unpaired) electrons. The molecule has 2 rings (SSSR count). The lowest BCUT2D eigenvalue weighted by Crippen LogP contribution is -2.15. The number of rotatable bonds is 3. The van der Waals surface area contributed by atoms with E-state index in [2.05, 4.69) is 26.1 Å². The van der Waals surface area contributed by atoms with Crippen LogP contribution in [0.1, 0.15) is 6.92 Å². The van der Waals surface area contributed by atoms with Crippen LogP contribution in [0.5, 0.6) is 0 Å². The molecule has 0 saturated heterocycles. The largest absolute Gasteiger partial charge is 0.317 e. The number of hydrogen-bond donors (Lipinski definition) is 0. The van der Waals surface area contributed by atoms with E-state index in [-0.39, 0.29) is 5.82 Å². The highest BCUT2D eigenvalue weighted by atomic mass is 79.9. The summed E-state index contributed by atoms with van der Waals surface area (Å²) in [4.78, 5) is 1.91. The summed E-state index contributed by atoms with van der Waals surface area (Å²) in [6.07, 6.45) is 0. The van der Waals surface area contributed by atoms with Crippen LogP contribution in [0.25, 0.3) is 0 Å². The quantitative estimate of drug-likeness (QED) is 0.867. The van der Waals surface area contributed by atoms with Gasteiger partial charge < -0.3 is 4.90 Å². The summed E-state index contributed by atoms with van der Waals surface area (Å²) >= 11 is 4.68. The Morgan fingerprint density at radius 3 is 2.81 bits per heavy atom. The third-order valence-electron chi connectivity index (χ3n) is 2.06. The van der Waals surface area contributed by atoms with Crippen molar-refractivity contribution in [2.24, 2.45) is 0 Å². The molecular weight excluding hydrogens is 293 g/mol. The van der Waals surface area contributed by atoms with E-state index in [0.717, 1.165) is 14.7 Å². The number of hydrogen-bond acceptors (Lipinski definition) is 4. The lowest BCUT2D eigenvalue weighted by Gasteiger charge is -2.18. The first-order valence-electron chi connectivity index (χ1n) is 4.73. The van der Waals surface area contributed by atoms with E-state index in [1.54, 1.807) is 6.07 Å². The van der Waals surface area contributed by atoms with Crippen LogP contribution >= 0.6 is 27.3 Å². The molecule has 0 bridgehead atoms. The van der Waals surface area contributed by atoms with Gasteiger partial charge in [0.2, 0.25) is 5.13 Å². The second kappa shape index (κ2) is 4.88. The first-order valence-corrected chi connectivity index (χ1v) is 6.33. The van der Waals surface area contributed by atoms with Gasteiger partial charge in [-0.25, -0.2) is 4.39 Å². The molecule has 6 heteroatoms. The number of anilines is 2. The smallest absolute Gasteiger partial charge is 0.213 e. The maximum atomic E-state index is 13.1. The van der Waals surface area contributed by atoms with Crippen LogP contribution in [0, 0.1) is 5.82 Å². The Labute approximate surface area is 105 Å². The molecule has 16 heavy (non-hydrogen) atoms. The Morgan fingerprint density at radius 2 is 2.25 bits per heavy atom. The highest BCUT2D eigenvalue weighted by Crippen LogP contribution is 2.30. The second-order valence-corrected chi connectivity index (χ2v) is 5.29. The molecule has 0 aliphatic heterocycles. The number of nitrogens with zero attached hydrogens (tertiary/aromatic N) is 3. The molecule has 84 valence electrons. The Bertz CT molecular complexity index is 488. The summed E-state index contributed by atoms with van der Waals surface area (Å²) in [5.74, 6) is -0.250. The van der Waals surface area contributed by atoms with E-state index in [1.807, 2.05) is 17.9 Å². The monoisotopic (exact) mass is 301 g/mol. The van der Waals surface area contributed by atoms with Gasteiger partial charge >= 0.3 is 0 Å². The minimum absolute atomic E-state index is 0.250. The summed E-state index contributed by atoms with van der Waals surface area (Å²) in [5.41, 5.74) is 0.783. The maximum absolute atomic E-state index is 13.1. The van der Waals surface area contributed by atoms with Gasteiger partial charge in [0.25, 0.3) is 0 Å². The molecule has 2 aromatic rings. The summed E-state index contributed by atoms with van der Waals surface area (Å²) in [6.45, 7) is 2.70. The summed E-state index contributed by atoms with van der Waals surface area (Å²) in [5, 5.41) is 8.65. The highest BCUT2D eigenvalue weighted by molar-refractivity contribution is 9.11. The van der Waals surface area contributed by atoms with Crippen LogP contribution < -0.4 is 4.90 Å². The maximum Gasteiger partial charge on any atom is 0.213 e. The van der Waals surface area contributed by atoms with Crippen LogP contribution in [0.2, 0.25) is 0 Å². The Hall–Kier alpha value is -1.01. The normalized spacial score (nSPS) is 10.4. The Balaban J connectivity index is 2.36. The topological polar surface area (TPSA) is 29.0 Å².